The van der Waals surface area contributed by atoms with Crippen molar-refractivity contribution in [2.75, 3.05) is 13.2 Å². The highest BCUT2D eigenvalue weighted by Crippen LogP contribution is 2.24. The van der Waals surface area contributed by atoms with Crippen LogP contribution in [0.4, 0.5) is 0 Å². The fourth-order valence-electron chi connectivity index (χ4n) is 2.43. The number of aromatic nitrogens is 1. The normalized spacial score (nSPS) is 16.5. The van der Waals surface area contributed by atoms with Gasteiger partial charge in [0.25, 0.3) is 0 Å². The highest BCUT2D eigenvalue weighted by Gasteiger charge is 2.14. The van der Waals surface area contributed by atoms with Gasteiger partial charge in [-0.2, -0.15) is 0 Å². The molecule has 1 fully saturated rings. The summed E-state index contributed by atoms with van der Waals surface area (Å²) in [6.07, 6.45) is 8.93. The molecule has 1 aliphatic carbocycles. The highest BCUT2D eigenvalue weighted by molar-refractivity contribution is 7.09. The topological polar surface area (TPSA) is 22.1 Å². The molecule has 18 heavy (non-hydrogen) atoms. The van der Waals surface area contributed by atoms with E-state index in [0.717, 1.165) is 37.7 Å². The highest BCUT2D eigenvalue weighted by atomic mass is 35.5. The molecule has 0 bridgehead atoms. The summed E-state index contributed by atoms with van der Waals surface area (Å²) in [7, 11) is 0. The number of rotatable bonds is 8. The van der Waals surface area contributed by atoms with E-state index in [0.29, 0.717) is 5.88 Å². The molecule has 0 saturated heterocycles. The largest absolute Gasteiger partial charge is 0.381 e. The number of thiazole rings is 1. The fraction of sp³-hybridized carbons (Fsp3) is 0.786. The Bertz CT molecular complexity index is 336. The number of aryl methyl sites for hydroxylation is 1. The minimum absolute atomic E-state index is 0.529. The first kappa shape index (κ1) is 14.3. The van der Waals surface area contributed by atoms with Gasteiger partial charge in [0.2, 0.25) is 0 Å². The summed E-state index contributed by atoms with van der Waals surface area (Å²) in [4.78, 5) is 4.46. The Morgan fingerprint density at radius 1 is 1.33 bits per heavy atom. The third kappa shape index (κ3) is 4.87. The summed E-state index contributed by atoms with van der Waals surface area (Å²) in [6, 6.07) is 0. The molecule has 2 rings (SSSR count). The number of ether oxygens (including phenoxy) is 1. The van der Waals surface area contributed by atoms with Crippen molar-refractivity contribution in [3.8, 4) is 0 Å². The van der Waals surface area contributed by atoms with Crippen LogP contribution in [0.1, 0.15) is 49.2 Å². The van der Waals surface area contributed by atoms with Crippen molar-refractivity contribution in [3.63, 3.8) is 0 Å². The first-order valence-electron chi connectivity index (χ1n) is 6.95. The maximum atomic E-state index is 5.74. The molecule has 1 aromatic rings. The van der Waals surface area contributed by atoms with Gasteiger partial charge in [-0.25, -0.2) is 4.98 Å². The number of alkyl halides is 1. The summed E-state index contributed by atoms with van der Waals surface area (Å²) in [5.74, 6) is 1.37. The second kappa shape index (κ2) is 8.13. The number of unbranched alkanes of at least 4 members (excludes halogenated alkanes) is 1. The van der Waals surface area contributed by atoms with Gasteiger partial charge in [-0.15, -0.1) is 22.9 Å². The lowest BCUT2D eigenvalue weighted by molar-refractivity contribution is 0.0983. The SMILES string of the molecule is ClCc1csc(CCCCOCC2CCCC2)n1. The molecular weight excluding hydrogens is 266 g/mol. The lowest BCUT2D eigenvalue weighted by Crippen LogP contribution is -2.06. The zero-order chi connectivity index (χ0) is 12.6. The molecule has 2 nitrogen and oxygen atoms in total. The molecule has 1 saturated carbocycles. The van der Waals surface area contributed by atoms with Crippen LogP contribution in [0.15, 0.2) is 5.38 Å². The van der Waals surface area contributed by atoms with Gasteiger partial charge in [-0.3, -0.25) is 0 Å². The third-order valence-corrected chi connectivity index (χ3v) is 4.73. The molecule has 0 aromatic carbocycles. The van der Waals surface area contributed by atoms with Crippen molar-refractivity contribution in [2.24, 2.45) is 5.92 Å². The van der Waals surface area contributed by atoms with E-state index in [2.05, 4.69) is 10.4 Å². The van der Waals surface area contributed by atoms with Crippen molar-refractivity contribution in [1.29, 1.82) is 0 Å². The quantitative estimate of drug-likeness (QED) is 0.522. The van der Waals surface area contributed by atoms with Crippen molar-refractivity contribution in [1.82, 2.24) is 4.98 Å². The van der Waals surface area contributed by atoms with Gasteiger partial charge < -0.3 is 4.74 Å². The van der Waals surface area contributed by atoms with Crippen LogP contribution in [-0.4, -0.2) is 18.2 Å². The van der Waals surface area contributed by atoms with Gasteiger partial charge in [0.1, 0.15) is 0 Å². The Hall–Kier alpha value is -0.120. The minimum Gasteiger partial charge on any atom is -0.381 e. The molecule has 0 amide bonds. The molecule has 1 aromatic heterocycles. The lowest BCUT2D eigenvalue weighted by Gasteiger charge is -2.09. The van der Waals surface area contributed by atoms with E-state index in [-0.39, 0.29) is 0 Å². The molecule has 4 heteroatoms. The Balaban J connectivity index is 1.48. The van der Waals surface area contributed by atoms with Crippen LogP contribution in [-0.2, 0) is 17.0 Å². The van der Waals surface area contributed by atoms with E-state index in [1.807, 2.05) is 0 Å². The summed E-state index contributed by atoms with van der Waals surface area (Å²) in [5.41, 5.74) is 1.01. The standard InChI is InChI=1S/C14H22ClNOS/c15-9-13-11-18-14(16-13)7-3-4-8-17-10-12-5-1-2-6-12/h11-12H,1-10H2. The first-order chi connectivity index (χ1) is 8.88. The number of hydrogen-bond donors (Lipinski definition) is 0. The molecule has 0 aliphatic heterocycles. The average molecular weight is 288 g/mol. The Morgan fingerprint density at radius 2 is 2.17 bits per heavy atom. The van der Waals surface area contributed by atoms with Crippen LogP contribution in [0.3, 0.4) is 0 Å². The Labute approximate surface area is 119 Å². The molecule has 0 radical (unpaired) electrons. The van der Waals surface area contributed by atoms with Gasteiger partial charge in [-0.1, -0.05) is 12.8 Å². The van der Waals surface area contributed by atoms with Crippen molar-refractivity contribution in [2.45, 2.75) is 50.8 Å². The summed E-state index contributed by atoms with van der Waals surface area (Å²) >= 11 is 7.45. The monoisotopic (exact) mass is 287 g/mol. The van der Waals surface area contributed by atoms with E-state index >= 15 is 0 Å². The molecule has 0 N–H and O–H groups in total. The maximum Gasteiger partial charge on any atom is 0.0928 e. The Kier molecular flexibility index (Phi) is 6.46. The van der Waals surface area contributed by atoms with Gasteiger partial charge >= 0.3 is 0 Å². The lowest BCUT2D eigenvalue weighted by atomic mass is 10.1. The van der Waals surface area contributed by atoms with E-state index in [1.165, 1.54) is 37.1 Å². The summed E-state index contributed by atoms with van der Waals surface area (Å²) in [6.45, 7) is 1.89. The minimum atomic E-state index is 0.529. The number of hydrogen-bond acceptors (Lipinski definition) is 3. The van der Waals surface area contributed by atoms with Crippen LogP contribution in [0, 0.1) is 5.92 Å². The van der Waals surface area contributed by atoms with E-state index in [1.54, 1.807) is 11.3 Å². The zero-order valence-electron chi connectivity index (χ0n) is 10.9. The maximum absolute atomic E-state index is 5.74. The second-order valence-corrected chi connectivity index (χ2v) is 6.26. The predicted octanol–water partition coefficient (Wildman–Crippen LogP) is 4.41. The molecule has 0 atom stereocenters. The van der Waals surface area contributed by atoms with E-state index in [4.69, 9.17) is 16.3 Å². The second-order valence-electron chi connectivity index (χ2n) is 5.05. The first-order valence-corrected chi connectivity index (χ1v) is 8.37. The van der Waals surface area contributed by atoms with Gasteiger partial charge in [-0.05, 0) is 38.0 Å². The number of halogens is 1. The Morgan fingerprint density at radius 3 is 2.89 bits per heavy atom. The van der Waals surface area contributed by atoms with E-state index in [9.17, 15) is 0 Å². The smallest absolute Gasteiger partial charge is 0.0928 e. The summed E-state index contributed by atoms with van der Waals surface area (Å²) < 4.78 is 5.74. The van der Waals surface area contributed by atoms with Crippen LogP contribution in [0.5, 0.6) is 0 Å². The third-order valence-electron chi connectivity index (χ3n) is 3.49. The molecule has 0 unspecified atom stereocenters. The zero-order valence-corrected chi connectivity index (χ0v) is 12.4. The van der Waals surface area contributed by atoms with Gasteiger partial charge in [0, 0.05) is 18.6 Å². The molecule has 1 aliphatic rings. The molecular formula is C14H22ClNOS. The van der Waals surface area contributed by atoms with Gasteiger partial charge in [0.05, 0.1) is 16.6 Å². The van der Waals surface area contributed by atoms with Crippen molar-refractivity contribution >= 4 is 22.9 Å². The fourth-order valence-corrected chi connectivity index (χ4v) is 3.50. The van der Waals surface area contributed by atoms with Crippen LogP contribution >= 0.6 is 22.9 Å². The van der Waals surface area contributed by atoms with Crippen LogP contribution < -0.4 is 0 Å². The van der Waals surface area contributed by atoms with E-state index < -0.39 is 0 Å². The van der Waals surface area contributed by atoms with Crippen molar-refractivity contribution < 1.29 is 4.74 Å². The molecule has 1 heterocycles. The summed E-state index contributed by atoms with van der Waals surface area (Å²) in [5, 5.41) is 3.26. The van der Waals surface area contributed by atoms with Crippen LogP contribution in [0.2, 0.25) is 0 Å². The van der Waals surface area contributed by atoms with Crippen molar-refractivity contribution in [3.05, 3.63) is 16.1 Å². The van der Waals surface area contributed by atoms with Crippen LogP contribution in [0.25, 0.3) is 0 Å². The number of nitrogens with zero attached hydrogens (tertiary/aromatic N) is 1. The molecule has 0 spiro atoms. The molecule has 102 valence electrons. The average Bonchev–Trinajstić information content (AvgIpc) is 3.04. The van der Waals surface area contributed by atoms with Gasteiger partial charge in [0.15, 0.2) is 0 Å². The predicted molar refractivity (Wildman–Crippen MR) is 77.4 cm³/mol.